The van der Waals surface area contributed by atoms with Crippen molar-refractivity contribution in [1.82, 2.24) is 0 Å². The van der Waals surface area contributed by atoms with E-state index < -0.39 is 6.16 Å². The predicted molar refractivity (Wildman–Crippen MR) is 62.3 cm³/mol. The van der Waals surface area contributed by atoms with E-state index in [0.717, 1.165) is 12.8 Å². The molecule has 3 heteroatoms. The number of carbonyl (C=O) groups excluding carboxylic acids is 1. The van der Waals surface area contributed by atoms with Gasteiger partial charge in [-0.25, -0.2) is 4.79 Å². The average Bonchev–Trinajstić information content (AvgIpc) is 2.34. The summed E-state index contributed by atoms with van der Waals surface area (Å²) in [7, 11) is 1.29. The standard InChI is InChI=1S/C13H16O3/c1-15-13(14)16-11-7-3-6-10-12-8-4-2-5-9-12/h2-5,7-9H,6,10-11H2,1H3/b7-3+. The molecule has 1 aromatic rings. The Balaban J connectivity index is 2.11. The van der Waals surface area contributed by atoms with E-state index in [4.69, 9.17) is 4.74 Å². The maximum Gasteiger partial charge on any atom is 0.508 e. The number of aryl methyl sites for hydroxylation is 1. The molecule has 0 atom stereocenters. The molecule has 0 heterocycles. The van der Waals surface area contributed by atoms with Crippen molar-refractivity contribution >= 4 is 6.16 Å². The van der Waals surface area contributed by atoms with Crippen LogP contribution in [0.1, 0.15) is 12.0 Å². The molecule has 0 aliphatic heterocycles. The summed E-state index contributed by atoms with van der Waals surface area (Å²) >= 11 is 0. The predicted octanol–water partition coefficient (Wildman–Crippen LogP) is 2.96. The molecular weight excluding hydrogens is 204 g/mol. The Morgan fingerprint density at radius 2 is 2.00 bits per heavy atom. The van der Waals surface area contributed by atoms with Crippen LogP contribution in [0.2, 0.25) is 0 Å². The zero-order valence-corrected chi connectivity index (χ0v) is 9.39. The number of allylic oxidation sites excluding steroid dienone is 1. The zero-order chi connectivity index (χ0) is 11.6. The van der Waals surface area contributed by atoms with Crippen molar-refractivity contribution in [2.45, 2.75) is 12.8 Å². The number of rotatable bonds is 5. The second-order valence-electron chi connectivity index (χ2n) is 3.26. The van der Waals surface area contributed by atoms with Crippen molar-refractivity contribution in [2.24, 2.45) is 0 Å². The molecule has 0 aromatic heterocycles. The molecule has 0 N–H and O–H groups in total. The lowest BCUT2D eigenvalue weighted by Gasteiger charge is -1.98. The Bertz CT molecular complexity index is 330. The Morgan fingerprint density at radius 3 is 2.69 bits per heavy atom. The van der Waals surface area contributed by atoms with Crippen molar-refractivity contribution < 1.29 is 14.3 Å². The smallest absolute Gasteiger partial charge is 0.438 e. The first-order valence-electron chi connectivity index (χ1n) is 5.22. The number of hydrogen-bond donors (Lipinski definition) is 0. The number of benzene rings is 1. The molecule has 0 saturated heterocycles. The lowest BCUT2D eigenvalue weighted by Crippen LogP contribution is -2.03. The topological polar surface area (TPSA) is 35.5 Å². The quantitative estimate of drug-likeness (QED) is 0.565. The van der Waals surface area contributed by atoms with Crippen molar-refractivity contribution in [3.8, 4) is 0 Å². The summed E-state index contributed by atoms with van der Waals surface area (Å²) in [6.07, 6.45) is 5.10. The van der Waals surface area contributed by atoms with Crippen LogP contribution >= 0.6 is 0 Å². The third-order valence-electron chi connectivity index (χ3n) is 2.07. The summed E-state index contributed by atoms with van der Waals surface area (Å²) in [5.41, 5.74) is 1.31. The molecule has 0 spiro atoms. The highest BCUT2D eigenvalue weighted by Crippen LogP contribution is 2.02. The maximum atomic E-state index is 10.6. The normalized spacial score (nSPS) is 10.3. The van der Waals surface area contributed by atoms with E-state index in [-0.39, 0.29) is 6.61 Å². The van der Waals surface area contributed by atoms with Gasteiger partial charge >= 0.3 is 6.16 Å². The Labute approximate surface area is 95.7 Å². The van der Waals surface area contributed by atoms with Gasteiger partial charge in [-0.1, -0.05) is 42.5 Å². The van der Waals surface area contributed by atoms with Crippen LogP contribution in [0.5, 0.6) is 0 Å². The third-order valence-corrected chi connectivity index (χ3v) is 2.07. The van der Waals surface area contributed by atoms with Crippen LogP contribution in [0.4, 0.5) is 4.79 Å². The highest BCUT2D eigenvalue weighted by Gasteiger charge is 1.95. The minimum absolute atomic E-state index is 0.265. The van der Waals surface area contributed by atoms with Gasteiger partial charge in [-0.2, -0.15) is 0 Å². The molecule has 0 radical (unpaired) electrons. The van der Waals surface area contributed by atoms with Crippen molar-refractivity contribution in [3.05, 3.63) is 48.0 Å². The van der Waals surface area contributed by atoms with E-state index >= 15 is 0 Å². The number of methoxy groups -OCH3 is 1. The maximum absolute atomic E-state index is 10.6. The molecule has 1 rings (SSSR count). The summed E-state index contributed by atoms with van der Waals surface area (Å²) < 4.78 is 9.03. The van der Waals surface area contributed by atoms with Crippen molar-refractivity contribution in [3.63, 3.8) is 0 Å². The van der Waals surface area contributed by atoms with E-state index in [1.54, 1.807) is 0 Å². The van der Waals surface area contributed by atoms with Crippen LogP contribution in [0.25, 0.3) is 0 Å². The van der Waals surface area contributed by atoms with E-state index in [0.29, 0.717) is 0 Å². The van der Waals surface area contributed by atoms with Gasteiger partial charge < -0.3 is 9.47 Å². The highest BCUT2D eigenvalue weighted by atomic mass is 16.7. The summed E-state index contributed by atoms with van der Waals surface area (Å²) in [5.74, 6) is 0. The van der Waals surface area contributed by atoms with E-state index in [1.165, 1.54) is 12.7 Å². The summed E-state index contributed by atoms with van der Waals surface area (Å²) in [6.45, 7) is 0.265. The van der Waals surface area contributed by atoms with Gasteiger partial charge in [-0.05, 0) is 18.4 Å². The summed E-state index contributed by atoms with van der Waals surface area (Å²) in [5, 5.41) is 0. The number of ether oxygens (including phenoxy) is 2. The average molecular weight is 220 g/mol. The van der Waals surface area contributed by atoms with Crippen LogP contribution in [0.3, 0.4) is 0 Å². The fourth-order valence-corrected chi connectivity index (χ4v) is 1.26. The summed E-state index contributed by atoms with van der Waals surface area (Å²) in [6, 6.07) is 10.2. The largest absolute Gasteiger partial charge is 0.508 e. The molecule has 16 heavy (non-hydrogen) atoms. The van der Waals surface area contributed by atoms with E-state index in [1.807, 2.05) is 30.4 Å². The van der Waals surface area contributed by atoms with Gasteiger partial charge in [0.15, 0.2) is 0 Å². The lowest BCUT2D eigenvalue weighted by atomic mass is 10.1. The molecule has 0 aliphatic carbocycles. The second kappa shape index (κ2) is 7.51. The summed E-state index contributed by atoms with van der Waals surface area (Å²) in [4.78, 5) is 10.6. The van der Waals surface area contributed by atoms with E-state index in [2.05, 4.69) is 16.9 Å². The van der Waals surface area contributed by atoms with Gasteiger partial charge in [-0.15, -0.1) is 0 Å². The Morgan fingerprint density at radius 1 is 1.25 bits per heavy atom. The lowest BCUT2D eigenvalue weighted by molar-refractivity contribution is 0.0817. The van der Waals surface area contributed by atoms with Gasteiger partial charge in [0.2, 0.25) is 0 Å². The molecule has 86 valence electrons. The molecule has 0 unspecified atom stereocenters. The SMILES string of the molecule is COC(=O)OC/C=C/CCc1ccccc1. The molecule has 0 aliphatic rings. The molecule has 1 aromatic carbocycles. The van der Waals surface area contributed by atoms with Crippen LogP contribution in [0.15, 0.2) is 42.5 Å². The van der Waals surface area contributed by atoms with Gasteiger partial charge in [0.05, 0.1) is 7.11 Å². The molecule has 0 bridgehead atoms. The fraction of sp³-hybridized carbons (Fsp3) is 0.308. The fourth-order valence-electron chi connectivity index (χ4n) is 1.26. The van der Waals surface area contributed by atoms with Crippen LogP contribution in [-0.2, 0) is 15.9 Å². The first kappa shape index (κ1) is 12.3. The minimum atomic E-state index is -0.646. The molecule has 0 amide bonds. The minimum Gasteiger partial charge on any atom is -0.438 e. The van der Waals surface area contributed by atoms with Crippen molar-refractivity contribution in [1.29, 1.82) is 0 Å². The Hall–Kier alpha value is -1.77. The monoisotopic (exact) mass is 220 g/mol. The van der Waals surface area contributed by atoms with E-state index in [9.17, 15) is 4.79 Å². The first-order valence-corrected chi connectivity index (χ1v) is 5.22. The van der Waals surface area contributed by atoms with Gasteiger partial charge in [0.1, 0.15) is 6.61 Å². The second-order valence-corrected chi connectivity index (χ2v) is 3.26. The van der Waals surface area contributed by atoms with Crippen LogP contribution in [0, 0.1) is 0 Å². The third kappa shape index (κ3) is 5.20. The van der Waals surface area contributed by atoms with Gasteiger partial charge in [0, 0.05) is 0 Å². The van der Waals surface area contributed by atoms with Gasteiger partial charge in [-0.3, -0.25) is 0 Å². The first-order chi connectivity index (χ1) is 7.83. The number of hydrogen-bond acceptors (Lipinski definition) is 3. The Kier molecular flexibility index (Phi) is 5.78. The van der Waals surface area contributed by atoms with Crippen molar-refractivity contribution in [2.75, 3.05) is 13.7 Å². The number of carbonyl (C=O) groups is 1. The van der Waals surface area contributed by atoms with Crippen LogP contribution in [-0.4, -0.2) is 19.9 Å². The zero-order valence-electron chi connectivity index (χ0n) is 9.39. The van der Waals surface area contributed by atoms with Crippen LogP contribution < -0.4 is 0 Å². The molecular formula is C13H16O3. The molecule has 3 nitrogen and oxygen atoms in total. The van der Waals surface area contributed by atoms with Gasteiger partial charge in [0.25, 0.3) is 0 Å². The highest BCUT2D eigenvalue weighted by molar-refractivity contribution is 5.59. The molecule has 0 saturated carbocycles. The molecule has 0 fully saturated rings.